The van der Waals surface area contributed by atoms with Gasteiger partial charge >= 0.3 is 0 Å². The summed E-state index contributed by atoms with van der Waals surface area (Å²) in [6, 6.07) is 0.774. The topological polar surface area (TPSA) is 32.3 Å². The van der Waals surface area contributed by atoms with Crippen molar-refractivity contribution < 1.29 is 5.11 Å². The van der Waals surface area contributed by atoms with Gasteiger partial charge in [0.2, 0.25) is 0 Å². The number of unbranched alkanes of at least 4 members (excludes halogenated alkanes) is 7. The summed E-state index contributed by atoms with van der Waals surface area (Å²) in [4.78, 5) is 0. The minimum atomic E-state index is 0.327. The number of aliphatic hydroxyl groups excluding tert-OH is 1. The van der Waals surface area contributed by atoms with Crippen molar-refractivity contribution in [1.82, 2.24) is 5.32 Å². The molecule has 4 saturated carbocycles. The van der Waals surface area contributed by atoms with Crippen LogP contribution in [0, 0.1) is 23.2 Å². The molecule has 4 aliphatic carbocycles. The third-order valence-corrected chi connectivity index (χ3v) is 7.15. The van der Waals surface area contributed by atoms with Gasteiger partial charge < -0.3 is 10.4 Å². The molecule has 0 radical (unpaired) electrons. The normalized spacial score (nSPS) is 38.3. The molecule has 2 unspecified atom stereocenters. The van der Waals surface area contributed by atoms with Crippen molar-refractivity contribution in [3.63, 3.8) is 0 Å². The number of rotatable bonds is 11. The lowest BCUT2D eigenvalue weighted by Crippen LogP contribution is -2.59. The molecule has 0 aromatic heterocycles. The second kappa shape index (κ2) is 8.34. The van der Waals surface area contributed by atoms with Crippen molar-refractivity contribution in [2.75, 3.05) is 13.2 Å². The summed E-state index contributed by atoms with van der Waals surface area (Å²) in [6.07, 6.45) is 18.1. The highest BCUT2D eigenvalue weighted by molar-refractivity contribution is 5.07. The van der Waals surface area contributed by atoms with E-state index < -0.39 is 0 Å². The summed E-state index contributed by atoms with van der Waals surface area (Å²) >= 11 is 0. The molecule has 0 amide bonds. The number of nitrogens with one attached hydrogen (secondary N) is 1. The summed E-state index contributed by atoms with van der Waals surface area (Å²) in [5, 5.41) is 13.8. The molecule has 2 heteroatoms. The van der Waals surface area contributed by atoms with E-state index >= 15 is 0 Å². The first-order chi connectivity index (χ1) is 11.3. The third kappa shape index (κ3) is 4.31. The second-order valence-electron chi connectivity index (χ2n) is 9.08. The SMILES string of the molecule is CCCCCCCCCCNC1C2CC3CC1CC(CO)(C3)C2. The predicted molar refractivity (Wildman–Crippen MR) is 97.5 cm³/mol. The standard InChI is InChI=1S/C21H39NO/c1-2-3-4-5-6-7-8-9-10-22-20-18-11-17-12-19(20)15-21(13-17,14-18)16-23/h17-20,22-23H,2-16H2,1H3. The molecule has 0 aromatic carbocycles. The monoisotopic (exact) mass is 321 g/mol. The van der Waals surface area contributed by atoms with E-state index in [-0.39, 0.29) is 0 Å². The van der Waals surface area contributed by atoms with E-state index in [0.717, 1.165) is 23.8 Å². The van der Waals surface area contributed by atoms with E-state index in [0.29, 0.717) is 12.0 Å². The lowest BCUT2D eigenvalue weighted by molar-refractivity contribution is -0.0990. The van der Waals surface area contributed by atoms with Crippen molar-refractivity contribution in [2.24, 2.45) is 23.2 Å². The summed E-state index contributed by atoms with van der Waals surface area (Å²) in [7, 11) is 0. The van der Waals surface area contributed by atoms with Crippen LogP contribution in [-0.2, 0) is 0 Å². The molecule has 2 N–H and O–H groups in total. The van der Waals surface area contributed by atoms with Gasteiger partial charge in [0, 0.05) is 12.6 Å². The van der Waals surface area contributed by atoms with Gasteiger partial charge in [-0.25, -0.2) is 0 Å². The van der Waals surface area contributed by atoms with E-state index in [4.69, 9.17) is 0 Å². The van der Waals surface area contributed by atoms with Crippen molar-refractivity contribution in [1.29, 1.82) is 0 Å². The van der Waals surface area contributed by atoms with Crippen LogP contribution in [0.25, 0.3) is 0 Å². The molecule has 134 valence electrons. The Labute approximate surface area is 143 Å². The van der Waals surface area contributed by atoms with Gasteiger partial charge in [0.1, 0.15) is 0 Å². The van der Waals surface area contributed by atoms with E-state index in [1.807, 2.05) is 0 Å². The Bertz CT molecular complexity index is 340. The van der Waals surface area contributed by atoms with Crippen LogP contribution in [0.5, 0.6) is 0 Å². The molecule has 0 heterocycles. The molecule has 2 nitrogen and oxygen atoms in total. The largest absolute Gasteiger partial charge is 0.396 e. The van der Waals surface area contributed by atoms with E-state index in [9.17, 15) is 5.11 Å². The van der Waals surface area contributed by atoms with Gasteiger partial charge in [-0.05, 0) is 68.2 Å². The Hall–Kier alpha value is -0.0800. The minimum absolute atomic E-state index is 0.327. The van der Waals surface area contributed by atoms with Crippen molar-refractivity contribution in [3.8, 4) is 0 Å². The molecular weight excluding hydrogens is 282 g/mol. The van der Waals surface area contributed by atoms with E-state index in [2.05, 4.69) is 12.2 Å². The third-order valence-electron chi connectivity index (χ3n) is 7.15. The van der Waals surface area contributed by atoms with Gasteiger partial charge in [0.05, 0.1) is 0 Å². The summed E-state index contributed by atoms with van der Waals surface area (Å²) in [6.45, 7) is 3.96. The molecule has 23 heavy (non-hydrogen) atoms. The van der Waals surface area contributed by atoms with Gasteiger partial charge in [-0.15, -0.1) is 0 Å². The minimum Gasteiger partial charge on any atom is -0.396 e. The molecular formula is C21H39NO. The van der Waals surface area contributed by atoms with Gasteiger partial charge in [-0.2, -0.15) is 0 Å². The number of aliphatic hydroxyl groups is 1. The average Bonchev–Trinajstić information content (AvgIpc) is 2.55. The Morgan fingerprint density at radius 3 is 2.09 bits per heavy atom. The zero-order valence-electron chi connectivity index (χ0n) is 15.4. The molecule has 0 spiro atoms. The van der Waals surface area contributed by atoms with E-state index in [1.54, 1.807) is 0 Å². The molecule has 4 rings (SSSR count). The van der Waals surface area contributed by atoms with Crippen LogP contribution >= 0.6 is 0 Å². The predicted octanol–water partition coefficient (Wildman–Crippen LogP) is 4.90. The van der Waals surface area contributed by atoms with Crippen LogP contribution in [0.1, 0.15) is 90.4 Å². The van der Waals surface area contributed by atoms with Crippen LogP contribution < -0.4 is 5.32 Å². The maximum Gasteiger partial charge on any atom is 0.0487 e. The Kier molecular flexibility index (Phi) is 6.43. The van der Waals surface area contributed by atoms with Gasteiger partial charge in [-0.1, -0.05) is 51.9 Å². The van der Waals surface area contributed by atoms with Gasteiger partial charge in [-0.3, -0.25) is 0 Å². The summed E-state index contributed by atoms with van der Waals surface area (Å²) in [5.74, 6) is 2.66. The van der Waals surface area contributed by atoms with Crippen molar-refractivity contribution in [3.05, 3.63) is 0 Å². The number of hydrogen-bond acceptors (Lipinski definition) is 2. The first-order valence-corrected chi connectivity index (χ1v) is 10.6. The van der Waals surface area contributed by atoms with E-state index in [1.165, 1.54) is 90.0 Å². The molecule has 4 fully saturated rings. The molecule has 2 atom stereocenters. The average molecular weight is 322 g/mol. The second-order valence-corrected chi connectivity index (χ2v) is 9.08. The smallest absolute Gasteiger partial charge is 0.0487 e. The first-order valence-electron chi connectivity index (χ1n) is 10.6. The molecule has 4 bridgehead atoms. The fraction of sp³-hybridized carbons (Fsp3) is 1.00. The van der Waals surface area contributed by atoms with Crippen LogP contribution in [0.3, 0.4) is 0 Å². The van der Waals surface area contributed by atoms with Crippen LogP contribution in [-0.4, -0.2) is 24.3 Å². The van der Waals surface area contributed by atoms with Gasteiger partial charge in [0.25, 0.3) is 0 Å². The summed E-state index contributed by atoms with van der Waals surface area (Å²) in [5.41, 5.74) is 0.327. The molecule has 0 saturated heterocycles. The highest BCUT2D eigenvalue weighted by atomic mass is 16.3. The number of hydrogen-bond donors (Lipinski definition) is 2. The van der Waals surface area contributed by atoms with Crippen LogP contribution in [0.4, 0.5) is 0 Å². The lowest BCUT2D eigenvalue weighted by Gasteiger charge is -2.60. The Morgan fingerprint density at radius 2 is 1.48 bits per heavy atom. The van der Waals surface area contributed by atoms with Crippen LogP contribution in [0.2, 0.25) is 0 Å². The quantitative estimate of drug-likeness (QED) is 0.530. The summed E-state index contributed by atoms with van der Waals surface area (Å²) < 4.78 is 0. The maximum absolute atomic E-state index is 9.85. The highest BCUT2D eigenvalue weighted by Crippen LogP contribution is 2.59. The fourth-order valence-electron chi connectivity index (χ4n) is 6.25. The fourth-order valence-corrected chi connectivity index (χ4v) is 6.25. The van der Waals surface area contributed by atoms with Crippen LogP contribution in [0.15, 0.2) is 0 Å². The first kappa shape index (κ1) is 17.7. The maximum atomic E-state index is 9.85. The Morgan fingerprint density at radius 1 is 0.870 bits per heavy atom. The zero-order chi connectivity index (χ0) is 16.1. The lowest BCUT2D eigenvalue weighted by atomic mass is 9.48. The molecule has 0 aromatic rings. The van der Waals surface area contributed by atoms with Crippen molar-refractivity contribution >= 4 is 0 Å². The van der Waals surface area contributed by atoms with Crippen molar-refractivity contribution in [2.45, 2.75) is 96.4 Å². The molecule has 0 aliphatic heterocycles. The Balaban J connectivity index is 1.30. The van der Waals surface area contributed by atoms with Gasteiger partial charge in [0.15, 0.2) is 0 Å². The highest BCUT2D eigenvalue weighted by Gasteiger charge is 2.54. The zero-order valence-corrected chi connectivity index (χ0v) is 15.4. The molecule has 4 aliphatic rings.